The Kier molecular flexibility index (Phi) is 3.37. The minimum Gasteiger partial charge on any atom is -0.364 e. The highest BCUT2D eigenvalue weighted by Crippen LogP contribution is 2.21. The fourth-order valence-corrected chi connectivity index (χ4v) is 2.45. The molecule has 0 atom stereocenters. The maximum atomic E-state index is 11.6. The number of hydrogen-bond acceptors (Lipinski definition) is 4. The lowest BCUT2D eigenvalue weighted by molar-refractivity contribution is 0.0995. The highest BCUT2D eigenvalue weighted by molar-refractivity contribution is 5.95. The molecule has 1 aromatic carbocycles. The number of hydrogen-bond donors (Lipinski definition) is 1. The molecular weight excluding hydrogens is 254 g/mol. The van der Waals surface area contributed by atoms with Crippen molar-refractivity contribution in [2.45, 2.75) is 19.3 Å². The molecule has 6 heteroatoms. The summed E-state index contributed by atoms with van der Waals surface area (Å²) in [4.78, 5) is 15.2. The van der Waals surface area contributed by atoms with Crippen molar-refractivity contribution in [1.82, 2.24) is 15.0 Å². The van der Waals surface area contributed by atoms with Gasteiger partial charge in [-0.3, -0.25) is 4.79 Å². The molecule has 2 heterocycles. The summed E-state index contributed by atoms with van der Waals surface area (Å²) in [5.74, 6) is 0.0637. The molecule has 1 fully saturated rings. The van der Waals surface area contributed by atoms with Crippen LogP contribution in [0.2, 0.25) is 0 Å². The normalized spacial score (nSPS) is 15.3. The predicted octanol–water partition coefficient (Wildman–Crippen LogP) is 1.36. The van der Waals surface area contributed by atoms with Gasteiger partial charge in [0.1, 0.15) is 0 Å². The molecular formula is C14H17N5O. The molecule has 0 saturated carbocycles. The molecule has 104 valence electrons. The molecule has 0 aliphatic carbocycles. The van der Waals surface area contributed by atoms with Crippen molar-refractivity contribution in [3.8, 4) is 5.69 Å². The standard InChI is InChI=1S/C14H17N5O/c15-13(20)12-14(18-9-5-2-6-10-18)17-19(16-12)11-7-3-1-4-8-11/h1,3-4,7-8H,2,5-6,9-10H2,(H2,15,20). The van der Waals surface area contributed by atoms with Crippen LogP contribution in [-0.2, 0) is 0 Å². The van der Waals surface area contributed by atoms with Crippen LogP contribution >= 0.6 is 0 Å². The van der Waals surface area contributed by atoms with Crippen molar-refractivity contribution < 1.29 is 4.79 Å². The zero-order chi connectivity index (χ0) is 13.9. The Labute approximate surface area is 117 Å². The summed E-state index contributed by atoms with van der Waals surface area (Å²) in [6.07, 6.45) is 3.43. The Bertz CT molecular complexity index is 601. The fraction of sp³-hybridized carbons (Fsp3) is 0.357. The lowest BCUT2D eigenvalue weighted by Gasteiger charge is -2.26. The number of amides is 1. The number of carbonyl (C=O) groups is 1. The maximum absolute atomic E-state index is 11.6. The minimum absolute atomic E-state index is 0.246. The summed E-state index contributed by atoms with van der Waals surface area (Å²) < 4.78 is 0. The van der Waals surface area contributed by atoms with Gasteiger partial charge < -0.3 is 10.6 Å². The number of piperidine rings is 1. The molecule has 0 unspecified atom stereocenters. The molecule has 0 radical (unpaired) electrons. The van der Waals surface area contributed by atoms with E-state index in [2.05, 4.69) is 15.1 Å². The highest BCUT2D eigenvalue weighted by atomic mass is 16.1. The Morgan fingerprint density at radius 1 is 1.05 bits per heavy atom. The maximum Gasteiger partial charge on any atom is 0.273 e. The number of aromatic nitrogens is 3. The van der Waals surface area contributed by atoms with Gasteiger partial charge in [-0.25, -0.2) is 0 Å². The molecule has 1 amide bonds. The van der Waals surface area contributed by atoms with Gasteiger partial charge in [-0.05, 0) is 31.4 Å². The van der Waals surface area contributed by atoms with Crippen LogP contribution in [-0.4, -0.2) is 34.0 Å². The van der Waals surface area contributed by atoms with Crippen LogP contribution < -0.4 is 10.6 Å². The third-order valence-corrected chi connectivity index (χ3v) is 3.47. The van der Waals surface area contributed by atoms with Crippen LogP contribution in [0.3, 0.4) is 0 Å². The van der Waals surface area contributed by atoms with Crippen molar-refractivity contribution >= 4 is 11.7 Å². The average Bonchev–Trinajstić information content (AvgIpc) is 2.94. The Hall–Kier alpha value is -2.37. The van der Waals surface area contributed by atoms with E-state index in [-0.39, 0.29) is 5.69 Å². The summed E-state index contributed by atoms with van der Waals surface area (Å²) in [6.45, 7) is 1.79. The molecule has 3 rings (SSSR count). The van der Waals surface area contributed by atoms with Crippen molar-refractivity contribution in [3.05, 3.63) is 36.0 Å². The molecule has 1 aromatic heterocycles. The van der Waals surface area contributed by atoms with Crippen molar-refractivity contribution in [3.63, 3.8) is 0 Å². The van der Waals surface area contributed by atoms with Crippen molar-refractivity contribution in [1.29, 1.82) is 0 Å². The van der Waals surface area contributed by atoms with E-state index in [0.29, 0.717) is 5.82 Å². The number of nitrogens with two attached hydrogens (primary N) is 1. The molecule has 0 bridgehead atoms. The van der Waals surface area contributed by atoms with Crippen LogP contribution in [0.5, 0.6) is 0 Å². The molecule has 2 N–H and O–H groups in total. The van der Waals surface area contributed by atoms with Crippen molar-refractivity contribution in [2.75, 3.05) is 18.0 Å². The second-order valence-electron chi connectivity index (χ2n) is 4.91. The van der Waals surface area contributed by atoms with E-state index in [1.54, 1.807) is 0 Å². The lowest BCUT2D eigenvalue weighted by Crippen LogP contribution is -2.31. The van der Waals surface area contributed by atoms with Gasteiger partial charge in [0, 0.05) is 13.1 Å². The van der Waals surface area contributed by atoms with E-state index < -0.39 is 5.91 Å². The number of para-hydroxylation sites is 1. The van der Waals surface area contributed by atoms with Crippen LogP contribution in [0, 0.1) is 0 Å². The summed E-state index contributed by atoms with van der Waals surface area (Å²) in [7, 11) is 0. The Morgan fingerprint density at radius 3 is 2.40 bits per heavy atom. The summed E-state index contributed by atoms with van der Waals surface area (Å²) in [6, 6.07) is 9.52. The Morgan fingerprint density at radius 2 is 1.75 bits per heavy atom. The summed E-state index contributed by atoms with van der Waals surface area (Å²) in [5, 5.41) is 8.70. The number of carbonyl (C=O) groups excluding carboxylic acids is 1. The first-order valence-electron chi connectivity index (χ1n) is 6.83. The molecule has 20 heavy (non-hydrogen) atoms. The minimum atomic E-state index is -0.534. The second kappa shape index (κ2) is 5.32. The molecule has 2 aromatic rings. The Balaban J connectivity index is 2.00. The number of primary amides is 1. The lowest BCUT2D eigenvalue weighted by atomic mass is 10.1. The van der Waals surface area contributed by atoms with Gasteiger partial charge in [-0.15, -0.1) is 15.0 Å². The number of rotatable bonds is 3. The number of anilines is 1. The van der Waals surface area contributed by atoms with Gasteiger partial charge >= 0.3 is 0 Å². The van der Waals surface area contributed by atoms with Gasteiger partial charge in [-0.2, -0.15) is 0 Å². The highest BCUT2D eigenvalue weighted by Gasteiger charge is 2.23. The largest absolute Gasteiger partial charge is 0.364 e. The van der Waals surface area contributed by atoms with E-state index in [9.17, 15) is 4.79 Å². The first kappa shape index (κ1) is 12.7. The van der Waals surface area contributed by atoms with Gasteiger partial charge in [-0.1, -0.05) is 18.2 Å². The number of benzene rings is 1. The number of nitrogens with zero attached hydrogens (tertiary/aromatic N) is 4. The molecule has 1 aliphatic rings. The monoisotopic (exact) mass is 271 g/mol. The van der Waals surface area contributed by atoms with Crippen LogP contribution in [0.1, 0.15) is 29.8 Å². The third kappa shape index (κ3) is 2.36. The van der Waals surface area contributed by atoms with Gasteiger partial charge in [0.2, 0.25) is 0 Å². The first-order valence-corrected chi connectivity index (χ1v) is 6.83. The molecule has 1 saturated heterocycles. The summed E-state index contributed by atoms with van der Waals surface area (Å²) in [5.41, 5.74) is 6.50. The van der Waals surface area contributed by atoms with Gasteiger partial charge in [0.25, 0.3) is 5.91 Å². The fourth-order valence-electron chi connectivity index (χ4n) is 2.45. The SMILES string of the molecule is NC(=O)c1nn(-c2ccccc2)nc1N1CCCCC1. The average molecular weight is 271 g/mol. The summed E-state index contributed by atoms with van der Waals surface area (Å²) >= 11 is 0. The zero-order valence-electron chi connectivity index (χ0n) is 11.2. The van der Waals surface area contributed by atoms with Crippen molar-refractivity contribution in [2.24, 2.45) is 5.73 Å². The predicted molar refractivity (Wildman–Crippen MR) is 75.9 cm³/mol. The van der Waals surface area contributed by atoms with E-state index in [1.165, 1.54) is 11.2 Å². The van der Waals surface area contributed by atoms with E-state index in [0.717, 1.165) is 31.6 Å². The van der Waals surface area contributed by atoms with Gasteiger partial charge in [0.15, 0.2) is 11.5 Å². The van der Waals surface area contributed by atoms with Crippen LogP contribution in [0.15, 0.2) is 30.3 Å². The molecule has 6 nitrogen and oxygen atoms in total. The van der Waals surface area contributed by atoms with Crippen LogP contribution in [0.4, 0.5) is 5.82 Å². The van der Waals surface area contributed by atoms with Gasteiger partial charge in [0.05, 0.1) is 5.69 Å². The molecule has 0 spiro atoms. The quantitative estimate of drug-likeness (QED) is 0.914. The third-order valence-electron chi connectivity index (χ3n) is 3.47. The zero-order valence-corrected chi connectivity index (χ0v) is 11.2. The first-order chi connectivity index (χ1) is 9.75. The van der Waals surface area contributed by atoms with Crippen LogP contribution in [0.25, 0.3) is 5.69 Å². The topological polar surface area (TPSA) is 77.0 Å². The van der Waals surface area contributed by atoms with E-state index in [4.69, 9.17) is 5.73 Å². The van der Waals surface area contributed by atoms with E-state index >= 15 is 0 Å². The molecule has 1 aliphatic heterocycles. The van der Waals surface area contributed by atoms with E-state index in [1.807, 2.05) is 30.3 Å². The smallest absolute Gasteiger partial charge is 0.273 e. The second-order valence-corrected chi connectivity index (χ2v) is 4.91.